The predicted molar refractivity (Wildman–Crippen MR) is 109 cm³/mol. The highest BCUT2D eigenvalue weighted by molar-refractivity contribution is 6.39. The van der Waals surface area contributed by atoms with E-state index in [1.165, 1.54) is 24.8 Å². The minimum atomic E-state index is -0.720. The highest BCUT2D eigenvalue weighted by atomic mass is 16.5. The van der Waals surface area contributed by atoms with Crippen molar-refractivity contribution in [3.05, 3.63) is 65.7 Å². The topological polar surface area (TPSA) is 87.7 Å². The van der Waals surface area contributed by atoms with Crippen molar-refractivity contribution < 1.29 is 19.1 Å². The van der Waals surface area contributed by atoms with Crippen molar-refractivity contribution in [3.63, 3.8) is 0 Å². The Kier molecular flexibility index (Phi) is 6.97. The van der Waals surface area contributed by atoms with E-state index in [2.05, 4.69) is 32.4 Å². The van der Waals surface area contributed by atoms with Gasteiger partial charge in [-0.1, -0.05) is 30.3 Å². The van der Waals surface area contributed by atoms with Crippen LogP contribution in [0.5, 0.6) is 0 Å². The largest absolute Gasteiger partial charge is 0.465 e. The molecule has 7 nitrogen and oxygen atoms in total. The van der Waals surface area contributed by atoms with Gasteiger partial charge in [0.1, 0.15) is 0 Å². The third kappa shape index (κ3) is 5.89. The van der Waals surface area contributed by atoms with E-state index in [0.29, 0.717) is 11.3 Å². The van der Waals surface area contributed by atoms with E-state index < -0.39 is 17.8 Å². The number of esters is 1. The highest BCUT2D eigenvalue weighted by Crippen LogP contribution is 2.14. The zero-order chi connectivity index (χ0) is 20.6. The molecule has 0 unspecified atom stereocenters. The Morgan fingerprint density at radius 2 is 1.62 bits per heavy atom. The van der Waals surface area contributed by atoms with Gasteiger partial charge in [0, 0.05) is 31.4 Å². The molecule has 29 heavy (non-hydrogen) atoms. The van der Waals surface area contributed by atoms with Crippen molar-refractivity contribution in [3.8, 4) is 0 Å². The van der Waals surface area contributed by atoms with Crippen LogP contribution in [0.1, 0.15) is 28.8 Å². The van der Waals surface area contributed by atoms with Gasteiger partial charge >= 0.3 is 17.8 Å². The number of rotatable bonds is 5. The second-order valence-electron chi connectivity index (χ2n) is 7.03. The standard InChI is InChI=1S/C22H25N3O4/c1-29-22(28)17-7-9-18(10-8-17)23-20(26)21(27)24-19-11-13-25(14-12-19)15-16-5-3-2-4-6-16/h2-10,19H,11-15H2,1H3,(H,23,26)(H,24,27). The van der Waals surface area contributed by atoms with Gasteiger partial charge in [-0.05, 0) is 42.7 Å². The number of methoxy groups -OCH3 is 1. The lowest BCUT2D eigenvalue weighted by Gasteiger charge is -2.32. The number of ether oxygens (including phenoxy) is 1. The van der Waals surface area contributed by atoms with Gasteiger partial charge in [-0.15, -0.1) is 0 Å². The minimum absolute atomic E-state index is 0.0121. The van der Waals surface area contributed by atoms with Crippen LogP contribution in [0.3, 0.4) is 0 Å². The predicted octanol–water partition coefficient (Wildman–Crippen LogP) is 2.19. The molecule has 7 heteroatoms. The van der Waals surface area contributed by atoms with Crippen molar-refractivity contribution in [1.82, 2.24) is 10.2 Å². The van der Waals surface area contributed by atoms with Crippen LogP contribution >= 0.6 is 0 Å². The molecule has 152 valence electrons. The fourth-order valence-corrected chi connectivity index (χ4v) is 3.32. The van der Waals surface area contributed by atoms with Crippen LogP contribution in [0.2, 0.25) is 0 Å². The fourth-order valence-electron chi connectivity index (χ4n) is 3.32. The molecule has 3 rings (SSSR count). The van der Waals surface area contributed by atoms with E-state index in [0.717, 1.165) is 32.5 Å². The van der Waals surface area contributed by atoms with Gasteiger partial charge in [-0.25, -0.2) is 4.79 Å². The van der Waals surface area contributed by atoms with Crippen molar-refractivity contribution in [2.24, 2.45) is 0 Å². The van der Waals surface area contributed by atoms with Crippen LogP contribution < -0.4 is 10.6 Å². The minimum Gasteiger partial charge on any atom is -0.465 e. The number of amides is 2. The summed E-state index contributed by atoms with van der Waals surface area (Å²) in [6.07, 6.45) is 1.61. The molecule has 0 aromatic heterocycles. The second kappa shape index (κ2) is 9.84. The fraction of sp³-hybridized carbons (Fsp3) is 0.318. The summed E-state index contributed by atoms with van der Waals surface area (Å²) < 4.78 is 4.63. The maximum atomic E-state index is 12.2. The lowest BCUT2D eigenvalue weighted by atomic mass is 10.0. The summed E-state index contributed by atoms with van der Waals surface area (Å²) >= 11 is 0. The summed E-state index contributed by atoms with van der Waals surface area (Å²) in [4.78, 5) is 38.1. The smallest absolute Gasteiger partial charge is 0.337 e. The van der Waals surface area contributed by atoms with Gasteiger partial charge in [0.25, 0.3) is 0 Å². The number of piperidine rings is 1. The summed E-state index contributed by atoms with van der Waals surface area (Å²) in [5, 5.41) is 5.35. The molecule has 2 amide bonds. The van der Waals surface area contributed by atoms with Gasteiger partial charge in [0.05, 0.1) is 12.7 Å². The van der Waals surface area contributed by atoms with Gasteiger partial charge in [-0.3, -0.25) is 14.5 Å². The van der Waals surface area contributed by atoms with E-state index in [-0.39, 0.29) is 6.04 Å². The summed E-state index contributed by atoms with van der Waals surface area (Å²) in [5.41, 5.74) is 2.08. The molecule has 0 aliphatic carbocycles. The molecular weight excluding hydrogens is 370 g/mol. The Labute approximate surface area is 170 Å². The Hall–Kier alpha value is -3.19. The molecule has 1 saturated heterocycles. The summed E-state index contributed by atoms with van der Waals surface area (Å²) in [6.45, 7) is 2.64. The van der Waals surface area contributed by atoms with Crippen LogP contribution in [0.4, 0.5) is 5.69 Å². The van der Waals surface area contributed by atoms with E-state index in [4.69, 9.17) is 0 Å². The first-order chi connectivity index (χ1) is 14.0. The quantitative estimate of drug-likeness (QED) is 0.599. The van der Waals surface area contributed by atoms with E-state index >= 15 is 0 Å². The number of anilines is 1. The molecule has 1 fully saturated rings. The number of hydrogen-bond donors (Lipinski definition) is 2. The Bertz CT molecular complexity index is 844. The number of hydrogen-bond acceptors (Lipinski definition) is 5. The zero-order valence-electron chi connectivity index (χ0n) is 16.4. The third-order valence-electron chi connectivity index (χ3n) is 4.94. The molecule has 1 heterocycles. The maximum absolute atomic E-state index is 12.2. The molecule has 2 aromatic carbocycles. The average molecular weight is 395 g/mol. The second-order valence-corrected chi connectivity index (χ2v) is 7.03. The Morgan fingerprint density at radius 3 is 2.24 bits per heavy atom. The van der Waals surface area contributed by atoms with E-state index in [1.54, 1.807) is 12.1 Å². The van der Waals surface area contributed by atoms with E-state index in [1.807, 2.05) is 18.2 Å². The van der Waals surface area contributed by atoms with Crippen molar-refractivity contribution >= 4 is 23.5 Å². The molecule has 2 N–H and O–H groups in total. The first kappa shape index (κ1) is 20.5. The Morgan fingerprint density at radius 1 is 0.966 bits per heavy atom. The van der Waals surface area contributed by atoms with Crippen LogP contribution in [-0.4, -0.2) is 48.9 Å². The molecule has 1 aliphatic rings. The lowest BCUT2D eigenvalue weighted by molar-refractivity contribution is -0.136. The van der Waals surface area contributed by atoms with Crippen molar-refractivity contribution in [1.29, 1.82) is 0 Å². The van der Waals surface area contributed by atoms with Crippen LogP contribution in [-0.2, 0) is 20.9 Å². The van der Waals surface area contributed by atoms with Gasteiger partial charge in [0.2, 0.25) is 0 Å². The van der Waals surface area contributed by atoms with Crippen LogP contribution in [0.25, 0.3) is 0 Å². The summed E-state index contributed by atoms with van der Waals surface area (Å²) in [5.74, 6) is -1.83. The lowest BCUT2D eigenvalue weighted by Crippen LogP contribution is -2.47. The van der Waals surface area contributed by atoms with Crippen LogP contribution in [0.15, 0.2) is 54.6 Å². The normalized spacial score (nSPS) is 14.8. The molecule has 0 spiro atoms. The monoisotopic (exact) mass is 395 g/mol. The molecule has 0 radical (unpaired) electrons. The SMILES string of the molecule is COC(=O)c1ccc(NC(=O)C(=O)NC2CCN(Cc3ccccc3)CC2)cc1. The van der Waals surface area contributed by atoms with Gasteiger partial charge in [-0.2, -0.15) is 0 Å². The van der Waals surface area contributed by atoms with Crippen molar-refractivity contribution in [2.75, 3.05) is 25.5 Å². The molecule has 0 bridgehead atoms. The first-order valence-electron chi connectivity index (χ1n) is 9.61. The molecule has 0 atom stereocenters. The van der Waals surface area contributed by atoms with Crippen LogP contribution in [0, 0.1) is 0 Å². The zero-order valence-corrected chi connectivity index (χ0v) is 16.4. The number of benzene rings is 2. The number of carbonyl (C=O) groups excluding carboxylic acids is 3. The van der Waals surface area contributed by atoms with Gasteiger partial charge < -0.3 is 15.4 Å². The number of carbonyl (C=O) groups is 3. The van der Waals surface area contributed by atoms with E-state index in [9.17, 15) is 14.4 Å². The maximum Gasteiger partial charge on any atom is 0.337 e. The molecule has 2 aromatic rings. The number of nitrogens with one attached hydrogen (secondary N) is 2. The molecule has 1 aliphatic heterocycles. The Balaban J connectivity index is 1.43. The molecular formula is C22H25N3O4. The number of nitrogens with zero attached hydrogens (tertiary/aromatic N) is 1. The highest BCUT2D eigenvalue weighted by Gasteiger charge is 2.23. The van der Waals surface area contributed by atoms with Crippen molar-refractivity contribution in [2.45, 2.75) is 25.4 Å². The third-order valence-corrected chi connectivity index (χ3v) is 4.94. The number of likely N-dealkylation sites (tertiary alicyclic amines) is 1. The van der Waals surface area contributed by atoms with Gasteiger partial charge in [0.15, 0.2) is 0 Å². The summed E-state index contributed by atoms with van der Waals surface area (Å²) in [7, 11) is 1.30. The average Bonchev–Trinajstić information content (AvgIpc) is 2.75. The first-order valence-corrected chi connectivity index (χ1v) is 9.61. The summed E-state index contributed by atoms with van der Waals surface area (Å²) in [6, 6.07) is 16.4. The molecule has 0 saturated carbocycles.